The van der Waals surface area contributed by atoms with Gasteiger partial charge in [0.15, 0.2) is 5.96 Å². The zero-order chi connectivity index (χ0) is 18.3. The molecule has 140 valence electrons. The summed E-state index contributed by atoms with van der Waals surface area (Å²) in [4.78, 5) is 4.44. The number of nitrogens with one attached hydrogen (secondary N) is 2. The van der Waals surface area contributed by atoms with E-state index in [0.29, 0.717) is 38.6 Å². The highest BCUT2D eigenvalue weighted by atomic mass is 32.2. The van der Waals surface area contributed by atoms with Crippen molar-refractivity contribution in [3.63, 3.8) is 0 Å². The molecule has 2 rings (SSSR count). The summed E-state index contributed by atoms with van der Waals surface area (Å²) < 4.78 is 38.2. The second kappa shape index (κ2) is 9.15. The Morgan fingerprint density at radius 3 is 2.80 bits per heavy atom. The summed E-state index contributed by atoms with van der Waals surface area (Å²) in [5.41, 5.74) is 2.02. The molecule has 1 aliphatic rings. The lowest BCUT2D eigenvalue weighted by Gasteiger charge is -2.15. The van der Waals surface area contributed by atoms with E-state index in [4.69, 9.17) is 0 Å². The summed E-state index contributed by atoms with van der Waals surface area (Å²) in [6.45, 7) is 6.69. The topological polar surface area (TPSA) is 73.8 Å². The SMILES string of the molecule is CCNC(=NCCN1CCCS1(=O)=O)NCCc1ccc(F)cc1C. The number of hydrogen-bond donors (Lipinski definition) is 2. The van der Waals surface area contributed by atoms with Gasteiger partial charge in [-0.1, -0.05) is 6.07 Å². The first-order valence-corrected chi connectivity index (χ1v) is 10.3. The molecule has 1 heterocycles. The van der Waals surface area contributed by atoms with E-state index in [9.17, 15) is 12.8 Å². The second-order valence-corrected chi connectivity index (χ2v) is 8.17. The summed E-state index contributed by atoms with van der Waals surface area (Å²) in [5.74, 6) is 0.686. The van der Waals surface area contributed by atoms with Crippen LogP contribution in [0.3, 0.4) is 0 Å². The first kappa shape index (κ1) is 19.7. The van der Waals surface area contributed by atoms with Gasteiger partial charge in [-0.3, -0.25) is 4.99 Å². The van der Waals surface area contributed by atoms with Gasteiger partial charge in [-0.15, -0.1) is 0 Å². The quantitative estimate of drug-likeness (QED) is 0.560. The number of benzene rings is 1. The number of sulfonamides is 1. The van der Waals surface area contributed by atoms with Crippen LogP contribution in [0.2, 0.25) is 0 Å². The smallest absolute Gasteiger partial charge is 0.214 e. The maximum absolute atomic E-state index is 13.1. The maximum atomic E-state index is 13.1. The molecule has 0 bridgehead atoms. The van der Waals surface area contributed by atoms with Gasteiger partial charge in [-0.05, 0) is 49.9 Å². The van der Waals surface area contributed by atoms with E-state index in [0.717, 1.165) is 24.1 Å². The average molecular weight is 370 g/mol. The van der Waals surface area contributed by atoms with E-state index in [2.05, 4.69) is 15.6 Å². The predicted octanol–water partition coefficient (Wildman–Crippen LogP) is 1.27. The van der Waals surface area contributed by atoms with Crippen LogP contribution in [0, 0.1) is 12.7 Å². The van der Waals surface area contributed by atoms with Gasteiger partial charge in [0.1, 0.15) is 5.82 Å². The van der Waals surface area contributed by atoms with E-state index >= 15 is 0 Å². The van der Waals surface area contributed by atoms with E-state index in [1.807, 2.05) is 13.8 Å². The monoisotopic (exact) mass is 370 g/mol. The second-order valence-electron chi connectivity index (χ2n) is 6.08. The predicted molar refractivity (Wildman–Crippen MR) is 98.8 cm³/mol. The molecule has 6 nitrogen and oxygen atoms in total. The van der Waals surface area contributed by atoms with Crippen LogP contribution in [-0.4, -0.2) is 57.2 Å². The molecular formula is C17H27FN4O2S. The van der Waals surface area contributed by atoms with Crippen molar-refractivity contribution in [1.29, 1.82) is 0 Å². The van der Waals surface area contributed by atoms with Gasteiger partial charge in [0, 0.05) is 26.2 Å². The first-order valence-electron chi connectivity index (χ1n) is 8.67. The van der Waals surface area contributed by atoms with E-state index in [1.165, 1.54) is 16.4 Å². The van der Waals surface area contributed by atoms with Crippen LogP contribution in [0.5, 0.6) is 0 Å². The van der Waals surface area contributed by atoms with Crippen molar-refractivity contribution < 1.29 is 12.8 Å². The number of aryl methyl sites for hydroxylation is 1. The van der Waals surface area contributed by atoms with E-state index in [-0.39, 0.29) is 11.6 Å². The molecule has 0 aliphatic carbocycles. The zero-order valence-electron chi connectivity index (χ0n) is 14.9. The van der Waals surface area contributed by atoms with Gasteiger partial charge in [0.25, 0.3) is 0 Å². The standard InChI is InChI=1S/C17H27FN4O2S/c1-3-19-17(21-9-11-22-10-4-12-25(22,23)24)20-8-7-15-5-6-16(18)13-14(15)2/h5-6,13H,3-4,7-12H2,1-2H3,(H2,19,20,21). The molecule has 0 unspecified atom stereocenters. The Morgan fingerprint density at radius 1 is 1.36 bits per heavy atom. The normalized spacial score (nSPS) is 17.6. The third-order valence-corrected chi connectivity index (χ3v) is 6.11. The lowest BCUT2D eigenvalue weighted by Crippen LogP contribution is -2.39. The number of hydrogen-bond acceptors (Lipinski definition) is 3. The van der Waals surface area contributed by atoms with Gasteiger partial charge < -0.3 is 10.6 Å². The van der Waals surface area contributed by atoms with Crippen molar-refractivity contribution in [3.05, 3.63) is 35.1 Å². The van der Waals surface area contributed by atoms with Crippen molar-refractivity contribution in [2.75, 3.05) is 38.5 Å². The average Bonchev–Trinajstić information content (AvgIpc) is 2.88. The first-order chi connectivity index (χ1) is 11.9. The van der Waals surface area contributed by atoms with Crippen molar-refractivity contribution in [3.8, 4) is 0 Å². The van der Waals surface area contributed by atoms with Crippen LogP contribution in [0.25, 0.3) is 0 Å². The molecule has 1 aromatic rings. The van der Waals surface area contributed by atoms with Crippen LogP contribution >= 0.6 is 0 Å². The molecule has 0 aromatic heterocycles. The summed E-state index contributed by atoms with van der Waals surface area (Å²) in [6.07, 6.45) is 1.46. The fraction of sp³-hybridized carbons (Fsp3) is 0.588. The van der Waals surface area contributed by atoms with Gasteiger partial charge in [-0.25, -0.2) is 17.1 Å². The van der Waals surface area contributed by atoms with Crippen LogP contribution in [0.1, 0.15) is 24.5 Å². The summed E-state index contributed by atoms with van der Waals surface area (Å²) in [6, 6.07) is 4.80. The minimum Gasteiger partial charge on any atom is -0.357 e. The molecule has 25 heavy (non-hydrogen) atoms. The van der Waals surface area contributed by atoms with E-state index in [1.54, 1.807) is 6.07 Å². The van der Waals surface area contributed by atoms with Crippen molar-refractivity contribution in [2.24, 2.45) is 4.99 Å². The Balaban J connectivity index is 1.83. The number of guanidine groups is 1. The van der Waals surface area contributed by atoms with Gasteiger partial charge >= 0.3 is 0 Å². The van der Waals surface area contributed by atoms with Crippen LogP contribution < -0.4 is 10.6 Å². The molecule has 1 aliphatic heterocycles. The fourth-order valence-electron chi connectivity index (χ4n) is 2.81. The van der Waals surface area contributed by atoms with Crippen LogP contribution in [0.15, 0.2) is 23.2 Å². The summed E-state index contributed by atoms with van der Waals surface area (Å²) >= 11 is 0. The number of rotatable bonds is 7. The minimum atomic E-state index is -3.07. The number of halogens is 1. The molecule has 0 amide bonds. The number of aliphatic imine (C=N–C) groups is 1. The largest absolute Gasteiger partial charge is 0.357 e. The van der Waals surface area contributed by atoms with Crippen molar-refractivity contribution >= 4 is 16.0 Å². The molecule has 0 atom stereocenters. The van der Waals surface area contributed by atoms with Gasteiger partial charge in [-0.2, -0.15) is 0 Å². The van der Waals surface area contributed by atoms with Crippen molar-refractivity contribution in [2.45, 2.75) is 26.7 Å². The third-order valence-electron chi connectivity index (χ3n) is 4.16. The maximum Gasteiger partial charge on any atom is 0.214 e. The van der Waals surface area contributed by atoms with Crippen molar-refractivity contribution in [1.82, 2.24) is 14.9 Å². The highest BCUT2D eigenvalue weighted by Gasteiger charge is 2.27. The number of nitrogens with zero attached hydrogens (tertiary/aromatic N) is 2. The Kier molecular flexibility index (Phi) is 7.19. The fourth-order valence-corrected chi connectivity index (χ4v) is 4.33. The van der Waals surface area contributed by atoms with Gasteiger partial charge in [0.2, 0.25) is 10.0 Å². The van der Waals surface area contributed by atoms with Crippen LogP contribution in [-0.2, 0) is 16.4 Å². The molecular weight excluding hydrogens is 343 g/mol. The van der Waals surface area contributed by atoms with E-state index < -0.39 is 10.0 Å². The zero-order valence-corrected chi connectivity index (χ0v) is 15.7. The highest BCUT2D eigenvalue weighted by Crippen LogP contribution is 2.12. The molecule has 1 saturated heterocycles. The molecule has 0 radical (unpaired) electrons. The van der Waals surface area contributed by atoms with Gasteiger partial charge in [0.05, 0.1) is 12.3 Å². The Hall–Kier alpha value is -1.67. The van der Waals surface area contributed by atoms with Crippen LogP contribution in [0.4, 0.5) is 4.39 Å². The third kappa shape index (κ3) is 5.97. The lowest BCUT2D eigenvalue weighted by atomic mass is 10.1. The lowest BCUT2D eigenvalue weighted by molar-refractivity contribution is 0.452. The highest BCUT2D eigenvalue weighted by molar-refractivity contribution is 7.89. The molecule has 1 fully saturated rings. The minimum absolute atomic E-state index is 0.221. The Bertz CT molecular complexity index is 707. The molecule has 8 heteroatoms. The summed E-state index contributed by atoms with van der Waals surface area (Å²) in [5, 5.41) is 6.38. The molecule has 2 N–H and O–H groups in total. The Labute approximate surface area is 149 Å². The summed E-state index contributed by atoms with van der Waals surface area (Å²) in [7, 11) is -3.07. The molecule has 0 spiro atoms. The molecule has 1 aromatic carbocycles. The molecule has 0 saturated carbocycles. The Morgan fingerprint density at radius 2 is 2.16 bits per heavy atom.